The first-order chi connectivity index (χ1) is 9.16. The van der Waals surface area contributed by atoms with Crippen molar-refractivity contribution in [2.75, 3.05) is 18.0 Å². The highest BCUT2D eigenvalue weighted by Crippen LogP contribution is 2.19. The van der Waals surface area contributed by atoms with Crippen LogP contribution in [0, 0.1) is 6.92 Å². The number of aryl methyl sites for hydroxylation is 1. The Hall–Kier alpha value is -1.09. The Kier molecular flexibility index (Phi) is 5.20. The van der Waals surface area contributed by atoms with Crippen molar-refractivity contribution in [2.45, 2.75) is 59.0 Å². The molecular weight excluding hydrogens is 234 g/mol. The minimum absolute atomic E-state index is 0.518. The van der Waals surface area contributed by atoms with E-state index in [2.05, 4.69) is 43.1 Å². The van der Waals surface area contributed by atoms with Crippen molar-refractivity contribution < 1.29 is 0 Å². The van der Waals surface area contributed by atoms with E-state index in [-0.39, 0.29) is 0 Å². The van der Waals surface area contributed by atoms with E-state index in [1.54, 1.807) is 0 Å². The average molecular weight is 261 g/mol. The van der Waals surface area contributed by atoms with E-state index >= 15 is 0 Å². The smallest absolute Gasteiger partial charge is 0.128 e. The SMILES string of the molecule is Cc1nc(N2CCCCCC2)ccc1CNC(C)C. The van der Waals surface area contributed by atoms with Crippen molar-refractivity contribution in [2.24, 2.45) is 0 Å². The lowest BCUT2D eigenvalue weighted by Gasteiger charge is -2.22. The summed E-state index contributed by atoms with van der Waals surface area (Å²) >= 11 is 0. The minimum Gasteiger partial charge on any atom is -0.357 e. The van der Waals surface area contributed by atoms with Crippen molar-refractivity contribution in [1.29, 1.82) is 0 Å². The second kappa shape index (κ2) is 6.90. The van der Waals surface area contributed by atoms with Gasteiger partial charge in [-0.05, 0) is 31.4 Å². The van der Waals surface area contributed by atoms with Gasteiger partial charge in [-0.15, -0.1) is 0 Å². The number of nitrogens with one attached hydrogen (secondary N) is 1. The van der Waals surface area contributed by atoms with Gasteiger partial charge in [0.25, 0.3) is 0 Å². The molecule has 2 rings (SSSR count). The predicted octanol–water partition coefficient (Wildman–Crippen LogP) is 3.27. The van der Waals surface area contributed by atoms with E-state index in [0.717, 1.165) is 31.1 Å². The molecule has 1 aliphatic rings. The molecule has 1 aliphatic heterocycles. The van der Waals surface area contributed by atoms with Crippen LogP contribution in [-0.2, 0) is 6.54 Å². The van der Waals surface area contributed by atoms with Crippen LogP contribution < -0.4 is 10.2 Å². The van der Waals surface area contributed by atoms with E-state index in [1.165, 1.54) is 31.2 Å². The maximum absolute atomic E-state index is 4.80. The molecule has 0 atom stereocenters. The normalized spacial score (nSPS) is 16.7. The topological polar surface area (TPSA) is 28.2 Å². The lowest BCUT2D eigenvalue weighted by atomic mass is 10.2. The van der Waals surface area contributed by atoms with Gasteiger partial charge in [0.15, 0.2) is 0 Å². The van der Waals surface area contributed by atoms with Crippen LogP contribution in [0.5, 0.6) is 0 Å². The highest BCUT2D eigenvalue weighted by atomic mass is 15.2. The van der Waals surface area contributed by atoms with Crippen molar-refractivity contribution in [3.63, 3.8) is 0 Å². The summed E-state index contributed by atoms with van der Waals surface area (Å²) in [6.45, 7) is 9.71. The zero-order valence-electron chi connectivity index (χ0n) is 12.6. The number of nitrogens with zero attached hydrogens (tertiary/aromatic N) is 2. The van der Waals surface area contributed by atoms with Crippen molar-refractivity contribution >= 4 is 5.82 Å². The van der Waals surface area contributed by atoms with E-state index in [0.29, 0.717) is 6.04 Å². The predicted molar refractivity (Wildman–Crippen MR) is 81.6 cm³/mol. The molecular formula is C16H27N3. The van der Waals surface area contributed by atoms with Crippen LogP contribution in [0.4, 0.5) is 5.82 Å². The Morgan fingerprint density at radius 2 is 1.84 bits per heavy atom. The van der Waals surface area contributed by atoms with Gasteiger partial charge in [-0.3, -0.25) is 0 Å². The Morgan fingerprint density at radius 1 is 1.16 bits per heavy atom. The van der Waals surface area contributed by atoms with E-state index < -0.39 is 0 Å². The molecule has 1 N–H and O–H groups in total. The van der Waals surface area contributed by atoms with Gasteiger partial charge in [0, 0.05) is 31.4 Å². The molecule has 0 spiro atoms. The van der Waals surface area contributed by atoms with Crippen LogP contribution >= 0.6 is 0 Å². The molecule has 3 nitrogen and oxygen atoms in total. The van der Waals surface area contributed by atoms with E-state index in [9.17, 15) is 0 Å². The molecule has 1 fully saturated rings. The summed E-state index contributed by atoms with van der Waals surface area (Å²) in [6.07, 6.45) is 5.34. The molecule has 0 aliphatic carbocycles. The molecule has 1 aromatic heterocycles. The van der Waals surface area contributed by atoms with Gasteiger partial charge in [-0.1, -0.05) is 32.8 Å². The van der Waals surface area contributed by atoms with E-state index in [1.807, 2.05) is 0 Å². The third kappa shape index (κ3) is 4.20. The lowest BCUT2D eigenvalue weighted by molar-refractivity contribution is 0.586. The Labute approximate surface area is 117 Å². The maximum atomic E-state index is 4.80. The Bertz CT molecular complexity index is 393. The second-order valence-electron chi connectivity index (χ2n) is 5.85. The summed E-state index contributed by atoms with van der Waals surface area (Å²) in [5.74, 6) is 1.16. The summed E-state index contributed by atoms with van der Waals surface area (Å²) in [5, 5.41) is 3.46. The fourth-order valence-electron chi connectivity index (χ4n) is 2.55. The van der Waals surface area contributed by atoms with Crippen LogP contribution in [0.15, 0.2) is 12.1 Å². The van der Waals surface area contributed by atoms with Crippen molar-refractivity contribution in [3.8, 4) is 0 Å². The number of anilines is 1. The zero-order valence-corrected chi connectivity index (χ0v) is 12.6. The standard InChI is InChI=1S/C16H27N3/c1-13(2)17-12-15-8-9-16(18-14(15)3)19-10-6-4-5-7-11-19/h8-9,13,17H,4-7,10-12H2,1-3H3. The number of hydrogen-bond donors (Lipinski definition) is 1. The first-order valence-corrected chi connectivity index (χ1v) is 7.61. The Morgan fingerprint density at radius 3 is 2.42 bits per heavy atom. The third-order valence-electron chi connectivity index (χ3n) is 3.81. The third-order valence-corrected chi connectivity index (χ3v) is 3.81. The minimum atomic E-state index is 0.518. The average Bonchev–Trinajstić information content (AvgIpc) is 2.66. The van der Waals surface area contributed by atoms with E-state index in [4.69, 9.17) is 4.98 Å². The molecule has 0 amide bonds. The molecule has 2 heterocycles. The number of rotatable bonds is 4. The summed E-state index contributed by atoms with van der Waals surface area (Å²) in [4.78, 5) is 7.25. The molecule has 1 aromatic rings. The molecule has 0 radical (unpaired) electrons. The molecule has 19 heavy (non-hydrogen) atoms. The van der Waals surface area contributed by atoms with Gasteiger partial charge in [0.2, 0.25) is 0 Å². The largest absolute Gasteiger partial charge is 0.357 e. The highest BCUT2D eigenvalue weighted by Gasteiger charge is 2.12. The number of aromatic nitrogens is 1. The highest BCUT2D eigenvalue weighted by molar-refractivity contribution is 5.41. The van der Waals surface area contributed by atoms with Crippen LogP contribution in [0.1, 0.15) is 50.8 Å². The molecule has 0 aromatic carbocycles. The van der Waals surface area contributed by atoms with Crippen molar-refractivity contribution in [3.05, 3.63) is 23.4 Å². The summed E-state index contributed by atoms with van der Waals surface area (Å²) in [5.41, 5.74) is 2.47. The zero-order chi connectivity index (χ0) is 13.7. The second-order valence-corrected chi connectivity index (χ2v) is 5.85. The number of pyridine rings is 1. The molecule has 106 valence electrons. The first kappa shape index (κ1) is 14.3. The fourth-order valence-corrected chi connectivity index (χ4v) is 2.55. The molecule has 3 heteroatoms. The molecule has 0 saturated carbocycles. The van der Waals surface area contributed by atoms with Crippen LogP contribution in [0.25, 0.3) is 0 Å². The van der Waals surface area contributed by atoms with Gasteiger partial charge < -0.3 is 10.2 Å². The molecule has 1 saturated heterocycles. The summed E-state index contributed by atoms with van der Waals surface area (Å²) < 4.78 is 0. The molecule has 0 unspecified atom stereocenters. The lowest BCUT2D eigenvalue weighted by Crippen LogP contribution is -2.26. The van der Waals surface area contributed by atoms with Crippen LogP contribution in [0.3, 0.4) is 0 Å². The first-order valence-electron chi connectivity index (χ1n) is 7.61. The molecule has 0 bridgehead atoms. The van der Waals surface area contributed by atoms with Crippen LogP contribution in [0.2, 0.25) is 0 Å². The van der Waals surface area contributed by atoms with Gasteiger partial charge in [0.1, 0.15) is 5.82 Å². The van der Waals surface area contributed by atoms with Gasteiger partial charge >= 0.3 is 0 Å². The summed E-state index contributed by atoms with van der Waals surface area (Å²) in [6, 6.07) is 4.94. The maximum Gasteiger partial charge on any atom is 0.128 e. The van der Waals surface area contributed by atoms with Crippen molar-refractivity contribution in [1.82, 2.24) is 10.3 Å². The van der Waals surface area contributed by atoms with Gasteiger partial charge in [-0.2, -0.15) is 0 Å². The Balaban J connectivity index is 2.04. The fraction of sp³-hybridized carbons (Fsp3) is 0.688. The number of hydrogen-bond acceptors (Lipinski definition) is 3. The van der Waals surface area contributed by atoms with Gasteiger partial charge in [0.05, 0.1) is 0 Å². The monoisotopic (exact) mass is 261 g/mol. The van der Waals surface area contributed by atoms with Crippen LogP contribution in [-0.4, -0.2) is 24.1 Å². The summed E-state index contributed by atoms with van der Waals surface area (Å²) in [7, 11) is 0. The van der Waals surface area contributed by atoms with Gasteiger partial charge in [-0.25, -0.2) is 4.98 Å². The quantitative estimate of drug-likeness (QED) is 0.901.